The first-order chi connectivity index (χ1) is 8.20. The molecule has 0 saturated heterocycles. The fraction of sp³-hybridized carbons (Fsp3) is 1.00. The monoisotopic (exact) mass is 236 g/mol. The molecule has 0 amide bonds. The van der Waals surface area contributed by atoms with Gasteiger partial charge in [0.1, 0.15) is 0 Å². The van der Waals surface area contributed by atoms with E-state index in [0.29, 0.717) is 0 Å². The molecule has 0 bridgehead atoms. The van der Waals surface area contributed by atoms with E-state index in [1.807, 2.05) is 0 Å². The topological polar surface area (TPSA) is 0 Å². The third-order valence-electron chi connectivity index (χ3n) is 5.89. The molecule has 2 aliphatic carbocycles. The zero-order valence-electron chi connectivity index (χ0n) is 12.3. The Bertz CT molecular complexity index is 212. The van der Waals surface area contributed by atoms with Gasteiger partial charge in [-0.1, -0.05) is 52.9 Å². The Morgan fingerprint density at radius 3 is 2.00 bits per heavy atom. The third kappa shape index (κ3) is 3.48. The van der Waals surface area contributed by atoms with Crippen LogP contribution in [-0.4, -0.2) is 0 Å². The summed E-state index contributed by atoms with van der Waals surface area (Å²) >= 11 is 0. The lowest BCUT2D eigenvalue weighted by Crippen LogP contribution is -2.28. The van der Waals surface area contributed by atoms with Gasteiger partial charge in [0, 0.05) is 0 Å². The van der Waals surface area contributed by atoms with Gasteiger partial charge in [-0.05, 0) is 55.3 Å². The Hall–Kier alpha value is 0. The van der Waals surface area contributed by atoms with Crippen molar-refractivity contribution < 1.29 is 0 Å². The van der Waals surface area contributed by atoms with Crippen molar-refractivity contribution in [1.29, 1.82) is 0 Å². The van der Waals surface area contributed by atoms with E-state index in [-0.39, 0.29) is 0 Å². The van der Waals surface area contributed by atoms with Crippen LogP contribution in [0.1, 0.15) is 78.6 Å². The van der Waals surface area contributed by atoms with Crippen LogP contribution in [0.5, 0.6) is 0 Å². The molecule has 0 heteroatoms. The Balaban J connectivity index is 1.77. The summed E-state index contributed by atoms with van der Waals surface area (Å²) in [5.74, 6) is 5.24. The molecule has 3 atom stereocenters. The van der Waals surface area contributed by atoms with E-state index in [1.165, 1.54) is 32.1 Å². The molecule has 0 heterocycles. The average molecular weight is 236 g/mol. The molecule has 0 aromatic rings. The highest BCUT2D eigenvalue weighted by Crippen LogP contribution is 2.43. The van der Waals surface area contributed by atoms with E-state index in [2.05, 4.69) is 20.8 Å². The van der Waals surface area contributed by atoms with Crippen molar-refractivity contribution in [2.45, 2.75) is 78.6 Å². The molecule has 100 valence electrons. The molecular formula is C17H32. The number of hydrogen-bond acceptors (Lipinski definition) is 0. The van der Waals surface area contributed by atoms with Crippen LogP contribution >= 0.6 is 0 Å². The molecule has 3 unspecified atom stereocenters. The fourth-order valence-electron chi connectivity index (χ4n) is 4.37. The number of hydrogen-bond donors (Lipinski definition) is 0. The summed E-state index contributed by atoms with van der Waals surface area (Å²) in [6.45, 7) is 7.29. The standard InChI is InChI=1S/C17H32/c1-4-5-15-7-10-16(11-8-15)17-9-6-13(2)14(3)12-17/h13-17H,4-12H2,1-3H3. The summed E-state index contributed by atoms with van der Waals surface area (Å²) in [6, 6.07) is 0. The molecule has 0 aromatic carbocycles. The predicted octanol–water partition coefficient (Wildman–Crippen LogP) is 5.67. The second-order valence-electron chi connectivity index (χ2n) is 7.10. The van der Waals surface area contributed by atoms with Gasteiger partial charge in [0.2, 0.25) is 0 Å². The van der Waals surface area contributed by atoms with Crippen LogP contribution in [0.4, 0.5) is 0 Å². The first-order valence-electron chi connectivity index (χ1n) is 8.20. The SMILES string of the molecule is CCCC1CCC(C2CCC(C)C(C)C2)CC1. The Morgan fingerprint density at radius 1 is 0.765 bits per heavy atom. The van der Waals surface area contributed by atoms with Crippen LogP contribution in [0.25, 0.3) is 0 Å². The molecule has 2 rings (SSSR count). The van der Waals surface area contributed by atoms with Crippen LogP contribution < -0.4 is 0 Å². The van der Waals surface area contributed by atoms with Crippen molar-refractivity contribution in [3.8, 4) is 0 Å². The maximum atomic E-state index is 2.49. The summed E-state index contributed by atoms with van der Waals surface area (Å²) in [6.07, 6.45) is 13.6. The van der Waals surface area contributed by atoms with Gasteiger partial charge >= 0.3 is 0 Å². The van der Waals surface area contributed by atoms with Crippen LogP contribution in [0, 0.1) is 29.6 Å². The first-order valence-corrected chi connectivity index (χ1v) is 8.20. The minimum Gasteiger partial charge on any atom is -0.0654 e. The minimum atomic E-state index is 0.988. The molecule has 0 N–H and O–H groups in total. The lowest BCUT2D eigenvalue weighted by atomic mass is 9.66. The van der Waals surface area contributed by atoms with Gasteiger partial charge in [0.15, 0.2) is 0 Å². The van der Waals surface area contributed by atoms with Gasteiger partial charge in [-0.15, -0.1) is 0 Å². The molecule has 0 radical (unpaired) electrons. The van der Waals surface area contributed by atoms with Crippen LogP contribution in [-0.2, 0) is 0 Å². The Labute approximate surface area is 109 Å². The lowest BCUT2D eigenvalue weighted by molar-refractivity contribution is 0.115. The summed E-state index contributed by atoms with van der Waals surface area (Å²) < 4.78 is 0. The highest BCUT2D eigenvalue weighted by Gasteiger charge is 2.32. The van der Waals surface area contributed by atoms with Crippen molar-refractivity contribution in [1.82, 2.24) is 0 Å². The van der Waals surface area contributed by atoms with E-state index in [9.17, 15) is 0 Å². The van der Waals surface area contributed by atoms with Gasteiger partial charge in [-0.2, -0.15) is 0 Å². The zero-order valence-corrected chi connectivity index (χ0v) is 12.3. The van der Waals surface area contributed by atoms with Crippen LogP contribution in [0.15, 0.2) is 0 Å². The van der Waals surface area contributed by atoms with E-state index < -0.39 is 0 Å². The zero-order chi connectivity index (χ0) is 12.3. The van der Waals surface area contributed by atoms with Gasteiger partial charge < -0.3 is 0 Å². The normalized spacial score (nSPS) is 43.6. The molecule has 0 aromatic heterocycles. The first kappa shape index (κ1) is 13.4. The molecule has 2 aliphatic rings. The second kappa shape index (κ2) is 6.25. The van der Waals surface area contributed by atoms with Crippen LogP contribution in [0.3, 0.4) is 0 Å². The maximum absolute atomic E-state index is 2.49. The van der Waals surface area contributed by atoms with Crippen molar-refractivity contribution in [3.63, 3.8) is 0 Å². The molecule has 17 heavy (non-hydrogen) atoms. The van der Waals surface area contributed by atoms with Crippen LogP contribution in [0.2, 0.25) is 0 Å². The smallest absolute Gasteiger partial charge is 0.0383 e. The van der Waals surface area contributed by atoms with E-state index in [4.69, 9.17) is 0 Å². The van der Waals surface area contributed by atoms with E-state index in [1.54, 1.807) is 25.7 Å². The Morgan fingerprint density at radius 2 is 1.41 bits per heavy atom. The van der Waals surface area contributed by atoms with E-state index in [0.717, 1.165) is 29.6 Å². The van der Waals surface area contributed by atoms with E-state index >= 15 is 0 Å². The Kier molecular flexibility index (Phi) is 4.94. The molecule has 2 saturated carbocycles. The van der Waals surface area contributed by atoms with Crippen molar-refractivity contribution in [2.75, 3.05) is 0 Å². The largest absolute Gasteiger partial charge is 0.0654 e. The number of rotatable bonds is 3. The highest BCUT2D eigenvalue weighted by atomic mass is 14.4. The quantitative estimate of drug-likeness (QED) is 0.592. The molecular weight excluding hydrogens is 204 g/mol. The van der Waals surface area contributed by atoms with Crippen molar-refractivity contribution in [3.05, 3.63) is 0 Å². The summed E-state index contributed by atoms with van der Waals surface area (Å²) in [7, 11) is 0. The van der Waals surface area contributed by atoms with Gasteiger partial charge in [-0.25, -0.2) is 0 Å². The minimum absolute atomic E-state index is 0.988. The highest BCUT2D eigenvalue weighted by molar-refractivity contribution is 4.83. The third-order valence-corrected chi connectivity index (χ3v) is 5.89. The molecule has 2 fully saturated rings. The maximum Gasteiger partial charge on any atom is -0.0383 e. The van der Waals surface area contributed by atoms with Gasteiger partial charge in [0.05, 0.1) is 0 Å². The molecule has 0 nitrogen and oxygen atoms in total. The molecule has 0 spiro atoms. The fourth-order valence-corrected chi connectivity index (χ4v) is 4.37. The summed E-state index contributed by atoms with van der Waals surface area (Å²) in [4.78, 5) is 0. The summed E-state index contributed by atoms with van der Waals surface area (Å²) in [5, 5.41) is 0. The van der Waals surface area contributed by atoms with Gasteiger partial charge in [0.25, 0.3) is 0 Å². The van der Waals surface area contributed by atoms with Crippen molar-refractivity contribution in [2.24, 2.45) is 29.6 Å². The average Bonchev–Trinajstić information content (AvgIpc) is 2.34. The van der Waals surface area contributed by atoms with Crippen molar-refractivity contribution >= 4 is 0 Å². The van der Waals surface area contributed by atoms with Gasteiger partial charge in [-0.3, -0.25) is 0 Å². The predicted molar refractivity (Wildman–Crippen MR) is 76.0 cm³/mol. The second-order valence-corrected chi connectivity index (χ2v) is 7.10. The molecule has 0 aliphatic heterocycles. The summed E-state index contributed by atoms with van der Waals surface area (Å²) in [5.41, 5.74) is 0. The lowest BCUT2D eigenvalue weighted by Gasteiger charge is -2.39.